The molecule has 5 heteroatoms. The molecule has 0 bridgehead atoms. The third kappa shape index (κ3) is 4.40. The Labute approximate surface area is 174 Å². The highest BCUT2D eigenvalue weighted by molar-refractivity contribution is 6.74. The molecule has 0 aliphatic heterocycles. The van der Waals surface area contributed by atoms with E-state index >= 15 is 0 Å². The van der Waals surface area contributed by atoms with Crippen molar-refractivity contribution in [1.29, 1.82) is 0 Å². The number of hydrogen-bond donors (Lipinski definition) is 0. The van der Waals surface area contributed by atoms with Crippen molar-refractivity contribution < 1.29 is 9.16 Å². The van der Waals surface area contributed by atoms with Crippen LogP contribution < -0.4 is 14.7 Å². The zero-order valence-corrected chi connectivity index (χ0v) is 19.3. The largest absolute Gasteiger partial charge is 0.540 e. The fourth-order valence-electron chi connectivity index (χ4n) is 3.04. The number of benzene rings is 2. The summed E-state index contributed by atoms with van der Waals surface area (Å²) in [7, 11) is -2.12. The van der Waals surface area contributed by atoms with E-state index in [4.69, 9.17) is 9.16 Å². The normalized spacial score (nSPS) is 12.2. The van der Waals surface area contributed by atoms with Gasteiger partial charge in [0.15, 0.2) is 5.75 Å². The molecule has 0 atom stereocenters. The standard InChI is InChI=1S/C24H31NO3Si/c1-7-25-22-19(16-21(23(25)26)28-29(5,6)24(2,3)4)14-11-15-20(22)27-17-18-12-9-8-10-13-18/h8-16H,7,17H2,1-6H3. The lowest BCUT2D eigenvalue weighted by atomic mass is 10.2. The molecule has 2 aromatic carbocycles. The van der Waals surface area contributed by atoms with Crippen molar-refractivity contribution in [3.63, 3.8) is 0 Å². The molecule has 154 valence electrons. The molecule has 0 saturated heterocycles. The highest BCUT2D eigenvalue weighted by Crippen LogP contribution is 2.37. The van der Waals surface area contributed by atoms with Crippen molar-refractivity contribution in [1.82, 2.24) is 4.57 Å². The first-order valence-electron chi connectivity index (χ1n) is 10.2. The number of pyridine rings is 1. The smallest absolute Gasteiger partial charge is 0.292 e. The van der Waals surface area contributed by atoms with E-state index in [0.717, 1.165) is 16.5 Å². The number of aryl methyl sites for hydroxylation is 1. The zero-order valence-electron chi connectivity index (χ0n) is 18.3. The summed E-state index contributed by atoms with van der Waals surface area (Å²) in [5.74, 6) is 1.15. The van der Waals surface area contributed by atoms with Gasteiger partial charge in [0.2, 0.25) is 0 Å². The van der Waals surface area contributed by atoms with E-state index in [2.05, 4.69) is 33.9 Å². The Morgan fingerprint density at radius 3 is 2.28 bits per heavy atom. The Morgan fingerprint density at radius 1 is 0.966 bits per heavy atom. The number of rotatable bonds is 6. The van der Waals surface area contributed by atoms with E-state index in [1.54, 1.807) is 4.57 Å². The summed E-state index contributed by atoms with van der Waals surface area (Å²) in [5, 5.41) is 0.970. The van der Waals surface area contributed by atoms with Crippen molar-refractivity contribution in [2.24, 2.45) is 0 Å². The number of hydrogen-bond acceptors (Lipinski definition) is 3. The third-order valence-electron chi connectivity index (χ3n) is 5.77. The number of ether oxygens (including phenoxy) is 1. The molecule has 0 unspecified atom stereocenters. The van der Waals surface area contributed by atoms with Crippen LogP contribution >= 0.6 is 0 Å². The second kappa shape index (κ2) is 8.07. The molecular formula is C24H31NO3Si. The second-order valence-corrected chi connectivity index (χ2v) is 13.6. The topological polar surface area (TPSA) is 40.5 Å². The second-order valence-electron chi connectivity index (χ2n) is 8.89. The van der Waals surface area contributed by atoms with Crippen LogP contribution in [0.1, 0.15) is 33.3 Å². The molecule has 3 rings (SSSR count). The van der Waals surface area contributed by atoms with Crippen LogP contribution in [0.5, 0.6) is 11.5 Å². The van der Waals surface area contributed by atoms with Crippen molar-refractivity contribution in [3.05, 3.63) is 70.5 Å². The van der Waals surface area contributed by atoms with Crippen molar-refractivity contribution >= 4 is 19.2 Å². The maximum absolute atomic E-state index is 13.2. The van der Waals surface area contributed by atoms with Gasteiger partial charge in [-0.25, -0.2) is 0 Å². The molecule has 0 fully saturated rings. The third-order valence-corrected chi connectivity index (χ3v) is 10.1. The summed E-state index contributed by atoms with van der Waals surface area (Å²) in [4.78, 5) is 13.2. The average molecular weight is 410 g/mol. The van der Waals surface area contributed by atoms with E-state index in [1.165, 1.54) is 0 Å². The minimum absolute atomic E-state index is 0.0199. The molecule has 0 amide bonds. The summed E-state index contributed by atoms with van der Waals surface area (Å²) < 4.78 is 14.2. The van der Waals surface area contributed by atoms with Gasteiger partial charge in [0.1, 0.15) is 12.4 Å². The minimum atomic E-state index is -2.12. The van der Waals surface area contributed by atoms with E-state index in [9.17, 15) is 4.79 Å². The van der Waals surface area contributed by atoms with Gasteiger partial charge in [0.05, 0.1) is 5.52 Å². The summed E-state index contributed by atoms with van der Waals surface area (Å²) in [5.41, 5.74) is 1.81. The molecule has 3 aromatic rings. The number of nitrogens with zero attached hydrogens (tertiary/aromatic N) is 1. The molecule has 0 radical (unpaired) electrons. The first-order valence-corrected chi connectivity index (χ1v) is 13.1. The lowest BCUT2D eigenvalue weighted by Crippen LogP contribution is -2.45. The van der Waals surface area contributed by atoms with Gasteiger partial charge in [-0.15, -0.1) is 0 Å². The van der Waals surface area contributed by atoms with Crippen LogP contribution in [0.2, 0.25) is 18.1 Å². The number of aromatic nitrogens is 1. The maximum atomic E-state index is 13.2. The van der Waals surface area contributed by atoms with E-state index in [0.29, 0.717) is 24.7 Å². The minimum Gasteiger partial charge on any atom is -0.540 e. The molecule has 0 N–H and O–H groups in total. The lowest BCUT2D eigenvalue weighted by Gasteiger charge is -2.36. The lowest BCUT2D eigenvalue weighted by molar-refractivity contribution is 0.308. The van der Waals surface area contributed by atoms with Crippen LogP contribution in [0.15, 0.2) is 59.4 Å². The van der Waals surface area contributed by atoms with E-state index in [-0.39, 0.29) is 10.6 Å². The van der Waals surface area contributed by atoms with Gasteiger partial charge in [-0.1, -0.05) is 63.2 Å². The van der Waals surface area contributed by atoms with Crippen LogP contribution in [0.3, 0.4) is 0 Å². The van der Waals surface area contributed by atoms with Gasteiger partial charge in [0.25, 0.3) is 13.9 Å². The highest BCUT2D eigenvalue weighted by Gasteiger charge is 2.39. The monoisotopic (exact) mass is 409 g/mol. The number of fused-ring (bicyclic) bond motifs is 1. The molecule has 4 nitrogen and oxygen atoms in total. The molecule has 0 aliphatic carbocycles. The fraction of sp³-hybridized carbons (Fsp3) is 0.375. The number of para-hydroxylation sites is 1. The van der Waals surface area contributed by atoms with Crippen LogP contribution in [0.25, 0.3) is 10.9 Å². The average Bonchev–Trinajstić information content (AvgIpc) is 2.67. The molecule has 29 heavy (non-hydrogen) atoms. The summed E-state index contributed by atoms with van der Waals surface area (Å²) >= 11 is 0. The van der Waals surface area contributed by atoms with E-state index in [1.807, 2.05) is 61.5 Å². The van der Waals surface area contributed by atoms with Crippen LogP contribution in [0, 0.1) is 0 Å². The molecule has 0 spiro atoms. The molecule has 0 saturated carbocycles. The highest BCUT2D eigenvalue weighted by atomic mass is 28.4. The van der Waals surface area contributed by atoms with Gasteiger partial charge in [-0.05, 0) is 42.8 Å². The molecular weight excluding hydrogens is 378 g/mol. The Kier molecular flexibility index (Phi) is 5.89. The summed E-state index contributed by atoms with van der Waals surface area (Å²) in [6, 6.07) is 17.8. The quantitative estimate of drug-likeness (QED) is 0.470. The van der Waals surface area contributed by atoms with Crippen LogP contribution in [0.4, 0.5) is 0 Å². The fourth-order valence-corrected chi connectivity index (χ4v) is 4.04. The van der Waals surface area contributed by atoms with Gasteiger partial charge in [0, 0.05) is 11.9 Å². The molecule has 0 aliphatic rings. The van der Waals surface area contributed by atoms with Gasteiger partial charge in [-0.3, -0.25) is 4.79 Å². The van der Waals surface area contributed by atoms with Crippen LogP contribution in [-0.4, -0.2) is 12.9 Å². The molecule has 1 heterocycles. The van der Waals surface area contributed by atoms with Crippen molar-refractivity contribution in [2.75, 3.05) is 0 Å². The Balaban J connectivity index is 2.05. The maximum Gasteiger partial charge on any atom is 0.292 e. The van der Waals surface area contributed by atoms with E-state index < -0.39 is 8.32 Å². The summed E-state index contributed by atoms with van der Waals surface area (Å²) in [6.45, 7) is 13.8. The predicted octanol–water partition coefficient (Wildman–Crippen LogP) is 5.98. The first kappa shape index (κ1) is 21.2. The van der Waals surface area contributed by atoms with Gasteiger partial charge < -0.3 is 13.7 Å². The van der Waals surface area contributed by atoms with Crippen molar-refractivity contribution in [2.45, 2.75) is 59.0 Å². The Morgan fingerprint density at radius 2 is 1.66 bits per heavy atom. The molecule has 1 aromatic heterocycles. The summed E-state index contributed by atoms with van der Waals surface area (Å²) in [6.07, 6.45) is 0. The van der Waals surface area contributed by atoms with Gasteiger partial charge >= 0.3 is 0 Å². The Bertz CT molecular complexity index is 1050. The predicted molar refractivity (Wildman–Crippen MR) is 122 cm³/mol. The van der Waals surface area contributed by atoms with Gasteiger partial charge in [-0.2, -0.15) is 0 Å². The zero-order chi connectivity index (χ0) is 21.2. The SMILES string of the molecule is CCn1c(=O)c(O[Si](C)(C)C(C)(C)C)cc2cccc(OCc3ccccc3)c21. The Hall–Kier alpha value is -2.53. The van der Waals surface area contributed by atoms with Crippen LogP contribution in [-0.2, 0) is 13.2 Å². The first-order chi connectivity index (χ1) is 13.6. The van der Waals surface area contributed by atoms with Crippen molar-refractivity contribution in [3.8, 4) is 11.5 Å².